The quantitative estimate of drug-likeness (QED) is 0.0951. The van der Waals surface area contributed by atoms with Crippen molar-refractivity contribution in [1.29, 1.82) is 0 Å². The standard InChI is InChI=1S/C42H65N3O9Si/c1-15-28(2)37(41(49)52-12)45(9)39(47)30(4)44(8)40(48)36(25-31-16-20-33(50-10)21-17-31)43-38(46)29(3)24-35(27-54-55(13,14)42(5,6)7)53-26-32-18-22-34(51-11)23-19-32/h16-24,28,30,35-37H,15,25-27H2,1-14H3,(H,43,46)/b29-24+/t28-,30-,35+,36-,37-/m0/s1. The Morgan fingerprint density at radius 3 is 1.84 bits per heavy atom. The van der Waals surface area contributed by atoms with Crippen LogP contribution in [0.2, 0.25) is 18.1 Å². The Balaban J connectivity index is 2.42. The molecule has 0 saturated carbocycles. The highest BCUT2D eigenvalue weighted by molar-refractivity contribution is 6.74. The first-order valence-corrected chi connectivity index (χ1v) is 21.7. The highest BCUT2D eigenvalue weighted by Crippen LogP contribution is 2.36. The zero-order chi connectivity index (χ0) is 41.7. The Labute approximate surface area is 330 Å². The third-order valence-electron chi connectivity index (χ3n) is 10.7. The van der Waals surface area contributed by atoms with Crippen LogP contribution in [-0.4, -0.2) is 108 Å². The number of likely N-dealkylation sites (N-methyl/N-ethyl adjacent to an activating group) is 2. The first-order valence-electron chi connectivity index (χ1n) is 18.8. The second-order valence-corrected chi connectivity index (χ2v) is 20.4. The summed E-state index contributed by atoms with van der Waals surface area (Å²) < 4.78 is 28.4. The summed E-state index contributed by atoms with van der Waals surface area (Å²) in [5, 5.41) is 2.90. The van der Waals surface area contributed by atoms with Gasteiger partial charge in [0, 0.05) is 26.1 Å². The van der Waals surface area contributed by atoms with E-state index in [1.165, 1.54) is 31.0 Å². The molecule has 0 heterocycles. The SMILES string of the molecule is CC[C@H](C)[C@@H](C(=O)OC)N(C)C(=O)[C@H](C)N(C)C(=O)[C@H](Cc1ccc(OC)cc1)NC(=O)/C(C)=C/[C@H](CO[Si](C)(C)C(C)(C)C)OCc1ccc(OC)cc1. The number of carbonyl (C=O) groups is 4. The van der Waals surface area contributed by atoms with E-state index < -0.39 is 56.2 Å². The van der Waals surface area contributed by atoms with Crippen molar-refractivity contribution < 1.29 is 42.6 Å². The van der Waals surface area contributed by atoms with Gasteiger partial charge in [0.05, 0.1) is 40.6 Å². The van der Waals surface area contributed by atoms with Crippen LogP contribution in [0.25, 0.3) is 0 Å². The number of nitrogens with one attached hydrogen (secondary N) is 1. The average Bonchev–Trinajstić information content (AvgIpc) is 3.16. The van der Waals surface area contributed by atoms with Gasteiger partial charge in [-0.15, -0.1) is 0 Å². The molecule has 3 amide bonds. The van der Waals surface area contributed by atoms with E-state index >= 15 is 0 Å². The predicted octanol–water partition coefficient (Wildman–Crippen LogP) is 6.18. The molecule has 2 aromatic carbocycles. The van der Waals surface area contributed by atoms with Gasteiger partial charge in [-0.25, -0.2) is 4.79 Å². The lowest BCUT2D eigenvalue weighted by atomic mass is 9.97. The van der Waals surface area contributed by atoms with Crippen molar-refractivity contribution >= 4 is 32.0 Å². The van der Waals surface area contributed by atoms with Gasteiger partial charge in [0.2, 0.25) is 17.7 Å². The summed E-state index contributed by atoms with van der Waals surface area (Å²) in [6.45, 7) is 18.4. The van der Waals surface area contributed by atoms with Crippen LogP contribution in [0.4, 0.5) is 0 Å². The van der Waals surface area contributed by atoms with Crippen LogP contribution < -0.4 is 14.8 Å². The van der Waals surface area contributed by atoms with E-state index in [2.05, 4.69) is 39.2 Å². The van der Waals surface area contributed by atoms with Crippen molar-refractivity contribution in [2.24, 2.45) is 5.92 Å². The maximum absolute atomic E-state index is 14.2. The zero-order valence-corrected chi connectivity index (χ0v) is 36.5. The maximum Gasteiger partial charge on any atom is 0.328 e. The molecule has 0 spiro atoms. The maximum atomic E-state index is 14.2. The Hall–Kier alpha value is -4.20. The summed E-state index contributed by atoms with van der Waals surface area (Å²) in [6.07, 6.45) is 1.95. The second-order valence-electron chi connectivity index (χ2n) is 15.6. The molecule has 306 valence electrons. The van der Waals surface area contributed by atoms with E-state index in [4.69, 9.17) is 23.4 Å². The number of methoxy groups -OCH3 is 3. The predicted molar refractivity (Wildman–Crippen MR) is 217 cm³/mol. The first kappa shape index (κ1) is 46.9. The number of carbonyl (C=O) groups excluding carboxylic acids is 4. The van der Waals surface area contributed by atoms with Crippen LogP contribution >= 0.6 is 0 Å². The van der Waals surface area contributed by atoms with Gasteiger partial charge in [0.1, 0.15) is 29.6 Å². The van der Waals surface area contributed by atoms with Crippen LogP contribution in [0.1, 0.15) is 66.0 Å². The Morgan fingerprint density at radius 2 is 1.36 bits per heavy atom. The molecule has 13 heteroatoms. The van der Waals surface area contributed by atoms with Crippen molar-refractivity contribution in [1.82, 2.24) is 15.1 Å². The lowest BCUT2D eigenvalue weighted by Gasteiger charge is -2.37. The highest BCUT2D eigenvalue weighted by atomic mass is 28.4. The molecule has 12 nitrogen and oxygen atoms in total. The molecule has 2 rings (SSSR count). The third kappa shape index (κ3) is 13.5. The Morgan fingerprint density at radius 1 is 0.836 bits per heavy atom. The van der Waals surface area contributed by atoms with Gasteiger partial charge < -0.3 is 38.5 Å². The number of nitrogens with zero attached hydrogens (tertiary/aromatic N) is 2. The lowest BCUT2D eigenvalue weighted by molar-refractivity contribution is -0.156. The fraction of sp³-hybridized carbons (Fsp3) is 0.571. The van der Waals surface area contributed by atoms with Gasteiger partial charge in [-0.1, -0.05) is 65.3 Å². The van der Waals surface area contributed by atoms with Crippen molar-refractivity contribution in [2.75, 3.05) is 42.0 Å². The van der Waals surface area contributed by atoms with Gasteiger partial charge in [-0.3, -0.25) is 14.4 Å². The van der Waals surface area contributed by atoms with Crippen LogP contribution in [0, 0.1) is 5.92 Å². The molecular weight excluding hydrogens is 719 g/mol. The summed E-state index contributed by atoms with van der Waals surface area (Å²) in [7, 11) is 5.36. The fourth-order valence-electron chi connectivity index (χ4n) is 5.55. The highest BCUT2D eigenvalue weighted by Gasteiger charge is 2.39. The molecule has 0 saturated heterocycles. The van der Waals surface area contributed by atoms with Gasteiger partial charge in [-0.2, -0.15) is 0 Å². The minimum absolute atomic E-state index is 0.0352. The number of hydrogen-bond donors (Lipinski definition) is 1. The fourth-order valence-corrected chi connectivity index (χ4v) is 6.56. The molecule has 0 aliphatic rings. The van der Waals surface area contributed by atoms with Crippen molar-refractivity contribution in [2.45, 2.75) is 110 Å². The minimum atomic E-state index is -2.17. The molecule has 0 radical (unpaired) electrons. The lowest BCUT2D eigenvalue weighted by Crippen LogP contribution is -2.57. The Bertz CT molecular complexity index is 1590. The monoisotopic (exact) mass is 783 g/mol. The van der Waals surface area contributed by atoms with Gasteiger partial charge in [-0.05, 0) is 79.4 Å². The average molecular weight is 784 g/mol. The summed E-state index contributed by atoms with van der Waals surface area (Å²) in [5.74, 6) is -0.698. The molecule has 0 aliphatic carbocycles. The summed E-state index contributed by atoms with van der Waals surface area (Å²) in [4.78, 5) is 57.3. The minimum Gasteiger partial charge on any atom is -0.497 e. The third-order valence-corrected chi connectivity index (χ3v) is 15.2. The van der Waals surface area contributed by atoms with E-state index in [9.17, 15) is 19.2 Å². The molecule has 0 aromatic heterocycles. The van der Waals surface area contributed by atoms with E-state index in [-0.39, 0.29) is 30.6 Å². The summed E-state index contributed by atoms with van der Waals surface area (Å²) in [5.41, 5.74) is 2.04. The molecule has 0 fully saturated rings. The molecular formula is C42H65N3O9Si. The normalized spacial score (nSPS) is 14.8. The van der Waals surface area contributed by atoms with E-state index in [0.29, 0.717) is 17.7 Å². The second kappa shape index (κ2) is 21.2. The summed E-state index contributed by atoms with van der Waals surface area (Å²) >= 11 is 0. The number of hydrogen-bond acceptors (Lipinski definition) is 9. The topological polar surface area (TPSA) is 133 Å². The van der Waals surface area contributed by atoms with Gasteiger partial charge in [0.25, 0.3) is 0 Å². The molecule has 2 aromatic rings. The van der Waals surface area contributed by atoms with Gasteiger partial charge in [0.15, 0.2) is 8.32 Å². The van der Waals surface area contributed by atoms with Gasteiger partial charge >= 0.3 is 5.97 Å². The number of benzene rings is 2. The van der Waals surface area contributed by atoms with Crippen LogP contribution in [-0.2, 0) is 46.1 Å². The van der Waals surface area contributed by atoms with Crippen LogP contribution in [0.5, 0.6) is 11.5 Å². The van der Waals surface area contributed by atoms with Crippen molar-refractivity contribution in [3.63, 3.8) is 0 Å². The van der Waals surface area contributed by atoms with E-state index in [0.717, 1.165) is 16.9 Å². The van der Waals surface area contributed by atoms with Crippen molar-refractivity contribution in [3.05, 3.63) is 71.3 Å². The Kier molecular flexibility index (Phi) is 18.1. The molecule has 0 aliphatic heterocycles. The number of amides is 3. The first-order chi connectivity index (χ1) is 25.7. The van der Waals surface area contributed by atoms with Crippen molar-refractivity contribution in [3.8, 4) is 11.5 Å². The van der Waals surface area contributed by atoms with Crippen LogP contribution in [0.3, 0.4) is 0 Å². The molecule has 0 bridgehead atoms. The smallest absolute Gasteiger partial charge is 0.328 e. The molecule has 0 unspecified atom stereocenters. The number of rotatable bonds is 20. The molecule has 1 N–H and O–H groups in total. The number of ether oxygens (including phenoxy) is 4. The van der Waals surface area contributed by atoms with Crippen LogP contribution in [0.15, 0.2) is 60.2 Å². The number of esters is 1. The molecule has 55 heavy (non-hydrogen) atoms. The molecule has 5 atom stereocenters. The van der Waals surface area contributed by atoms with E-state index in [1.54, 1.807) is 46.3 Å². The zero-order valence-electron chi connectivity index (χ0n) is 35.5. The van der Waals surface area contributed by atoms with E-state index in [1.807, 2.05) is 50.2 Å². The largest absolute Gasteiger partial charge is 0.497 e. The summed E-state index contributed by atoms with van der Waals surface area (Å²) in [6, 6.07) is 12.0.